The van der Waals surface area contributed by atoms with E-state index in [-0.39, 0.29) is 24.8 Å². The van der Waals surface area contributed by atoms with Crippen molar-refractivity contribution in [1.29, 1.82) is 0 Å². The molecule has 0 fully saturated rings. The van der Waals surface area contributed by atoms with Gasteiger partial charge < -0.3 is 24.8 Å². The standard InChI is InChI=1S/2C9H13.C2H7Si.2ClH.Zr/c1-6-5-7(2)9(4)8(6)3;1-3-4-9-6-5-8(2)7-9;1-3-2;;;/h6H,1-4H3;7H,3-4,6H2,1-2H3;3H,1-2H3;2*1H;/q;;;;;+2/p-2. The molecule has 2 rings (SSSR count). The molecule has 0 amide bonds. The maximum atomic E-state index is 2.63. The summed E-state index contributed by atoms with van der Waals surface area (Å²) in [5.41, 5.74) is 8.32. The van der Waals surface area contributed by atoms with Crippen LogP contribution in [0.15, 0.2) is 40.5 Å². The third-order valence-electron chi connectivity index (χ3n) is 5.70. The summed E-state index contributed by atoms with van der Waals surface area (Å²) in [4.78, 5) is 0. The van der Waals surface area contributed by atoms with Crippen molar-refractivity contribution >= 4 is 5.92 Å². The molecular formula is C20H33Cl2SiZr. The molecular weight excluding hydrogens is 430 g/mol. The van der Waals surface area contributed by atoms with Gasteiger partial charge in [0.15, 0.2) is 0 Å². The largest absolute Gasteiger partial charge is 1.00 e. The Balaban J connectivity index is 0.00000264. The minimum absolute atomic E-state index is 0. The monoisotopic (exact) mass is 461 g/mol. The first kappa shape index (κ1) is 24.6. The van der Waals surface area contributed by atoms with Crippen molar-refractivity contribution in [2.75, 3.05) is 0 Å². The Morgan fingerprint density at radius 2 is 1.67 bits per heavy atom. The van der Waals surface area contributed by atoms with Gasteiger partial charge in [-0.3, -0.25) is 0 Å². The molecule has 4 heteroatoms. The Morgan fingerprint density at radius 1 is 1.08 bits per heavy atom. The summed E-state index contributed by atoms with van der Waals surface area (Å²) in [7, 11) is 0. The molecule has 1 unspecified atom stereocenters. The van der Waals surface area contributed by atoms with Gasteiger partial charge in [-0.2, -0.15) is 0 Å². The molecule has 0 N–H and O–H groups in total. The molecule has 0 saturated carbocycles. The predicted molar refractivity (Wildman–Crippen MR) is 99.4 cm³/mol. The van der Waals surface area contributed by atoms with Crippen LogP contribution in [0.1, 0.15) is 60.8 Å². The quantitative estimate of drug-likeness (QED) is 0.513. The van der Waals surface area contributed by atoms with E-state index in [1.165, 1.54) is 19.3 Å². The summed E-state index contributed by atoms with van der Waals surface area (Å²) in [5.74, 6) is 0.148. The molecule has 2 aliphatic carbocycles. The van der Waals surface area contributed by atoms with E-state index in [0.717, 1.165) is 5.92 Å². The second-order valence-corrected chi connectivity index (χ2v) is 26.6. The van der Waals surface area contributed by atoms with E-state index in [1.54, 1.807) is 27.9 Å². The van der Waals surface area contributed by atoms with Crippen LogP contribution in [-0.2, 0) is 20.9 Å². The third kappa shape index (κ3) is 4.67. The fourth-order valence-corrected chi connectivity index (χ4v) is 26.2. The van der Waals surface area contributed by atoms with Crippen LogP contribution in [0.3, 0.4) is 0 Å². The van der Waals surface area contributed by atoms with Crippen molar-refractivity contribution in [3.63, 3.8) is 0 Å². The van der Waals surface area contributed by atoms with Gasteiger partial charge in [0.25, 0.3) is 0 Å². The van der Waals surface area contributed by atoms with Crippen molar-refractivity contribution < 1.29 is 45.7 Å². The Hall–Kier alpha value is 0.640. The fourth-order valence-electron chi connectivity index (χ4n) is 4.22. The molecule has 0 heterocycles. The van der Waals surface area contributed by atoms with E-state index in [4.69, 9.17) is 0 Å². The van der Waals surface area contributed by atoms with Crippen LogP contribution >= 0.6 is 0 Å². The minimum Gasteiger partial charge on any atom is -1.00 e. The molecule has 0 saturated heterocycles. The molecule has 2 aliphatic rings. The molecule has 0 spiro atoms. The Morgan fingerprint density at radius 3 is 2.08 bits per heavy atom. The van der Waals surface area contributed by atoms with Crippen LogP contribution in [0.5, 0.6) is 0 Å². The fraction of sp³-hybridized carbons (Fsp3) is 0.600. The molecule has 0 aromatic rings. The normalized spacial score (nSPS) is 20.5. The van der Waals surface area contributed by atoms with Crippen molar-refractivity contribution in [3.8, 4) is 0 Å². The predicted octanol–water partition coefficient (Wildman–Crippen LogP) is 0.260. The number of allylic oxidation sites excluding steroid dienone is 8. The van der Waals surface area contributed by atoms with Crippen LogP contribution in [0, 0.1) is 5.92 Å². The molecule has 0 aliphatic heterocycles. The maximum absolute atomic E-state index is 2.63. The Labute approximate surface area is 171 Å². The van der Waals surface area contributed by atoms with Gasteiger partial charge in [-0.25, -0.2) is 0 Å². The molecule has 0 aromatic carbocycles. The van der Waals surface area contributed by atoms with E-state index in [0.29, 0.717) is 0 Å². The number of rotatable bonds is 5. The van der Waals surface area contributed by atoms with E-state index in [9.17, 15) is 0 Å². The van der Waals surface area contributed by atoms with E-state index in [1.807, 2.05) is 6.56 Å². The molecule has 0 radical (unpaired) electrons. The summed E-state index contributed by atoms with van der Waals surface area (Å²) in [6.45, 7) is 19.6. The van der Waals surface area contributed by atoms with Gasteiger partial charge in [0.1, 0.15) is 0 Å². The average Bonchev–Trinajstić information content (AvgIpc) is 2.89. The second-order valence-electron chi connectivity index (χ2n) is 7.53. The van der Waals surface area contributed by atoms with Gasteiger partial charge in [0.2, 0.25) is 0 Å². The van der Waals surface area contributed by atoms with E-state index in [2.05, 4.69) is 60.7 Å². The molecule has 0 bridgehead atoms. The SMILES string of the molecule is CCCC1=CC(C)=[C]([Zr+2]([C]2=C(C)C(C)=C(C)C2C)[SiH](C)C)C1.[Cl-].[Cl-]. The molecule has 135 valence electrons. The molecule has 0 nitrogen and oxygen atoms in total. The van der Waals surface area contributed by atoms with Crippen LogP contribution in [0.25, 0.3) is 0 Å². The maximum Gasteiger partial charge on any atom is -1.00 e. The topological polar surface area (TPSA) is 0 Å². The zero-order chi connectivity index (χ0) is 16.6. The third-order valence-corrected chi connectivity index (χ3v) is 25.7. The van der Waals surface area contributed by atoms with Crippen molar-refractivity contribution in [2.45, 2.75) is 73.9 Å². The number of hydrogen-bond donors (Lipinski definition) is 0. The summed E-state index contributed by atoms with van der Waals surface area (Å²) in [6.07, 6.45) is 6.48. The smallest absolute Gasteiger partial charge is 1.00 e. The molecule has 24 heavy (non-hydrogen) atoms. The van der Waals surface area contributed by atoms with Gasteiger partial charge in [-0.05, 0) is 0 Å². The van der Waals surface area contributed by atoms with Gasteiger partial charge in [-0.15, -0.1) is 0 Å². The Kier molecular flexibility index (Phi) is 10.4. The molecule has 0 aromatic heterocycles. The number of hydrogen-bond acceptors (Lipinski definition) is 0. The van der Waals surface area contributed by atoms with Crippen LogP contribution in [-0.4, -0.2) is 5.92 Å². The first-order valence-corrected chi connectivity index (χ1v) is 18.5. The summed E-state index contributed by atoms with van der Waals surface area (Å²) in [5, 5.41) is 0. The minimum atomic E-state index is -1.62. The van der Waals surface area contributed by atoms with Crippen LogP contribution in [0.4, 0.5) is 0 Å². The summed E-state index contributed by atoms with van der Waals surface area (Å²) >= 11 is -1.62. The van der Waals surface area contributed by atoms with Crippen molar-refractivity contribution in [1.82, 2.24) is 0 Å². The Bertz CT molecular complexity index is 597. The van der Waals surface area contributed by atoms with Gasteiger partial charge in [-0.1, -0.05) is 0 Å². The summed E-state index contributed by atoms with van der Waals surface area (Å²) < 4.78 is 3.91. The van der Waals surface area contributed by atoms with Crippen LogP contribution < -0.4 is 24.8 Å². The van der Waals surface area contributed by atoms with Gasteiger partial charge in [0.05, 0.1) is 0 Å². The first-order chi connectivity index (χ1) is 10.3. The second kappa shape index (κ2) is 10.1. The zero-order valence-electron chi connectivity index (χ0n) is 16.6. The van der Waals surface area contributed by atoms with Gasteiger partial charge >= 0.3 is 147 Å². The van der Waals surface area contributed by atoms with E-state index < -0.39 is 26.8 Å². The molecule has 1 atom stereocenters. The van der Waals surface area contributed by atoms with Gasteiger partial charge in [0, 0.05) is 0 Å². The van der Waals surface area contributed by atoms with E-state index >= 15 is 0 Å². The first-order valence-electron chi connectivity index (χ1n) is 8.94. The van der Waals surface area contributed by atoms with Crippen molar-refractivity contribution in [2.24, 2.45) is 5.92 Å². The zero-order valence-corrected chi connectivity index (χ0v) is 21.7. The number of halogens is 2. The van der Waals surface area contributed by atoms with Crippen molar-refractivity contribution in [3.05, 3.63) is 40.5 Å². The summed E-state index contributed by atoms with van der Waals surface area (Å²) in [6, 6.07) is 0. The van der Waals surface area contributed by atoms with Crippen LogP contribution in [0.2, 0.25) is 13.1 Å². The average molecular weight is 464 g/mol.